The summed E-state index contributed by atoms with van der Waals surface area (Å²) in [6.07, 6.45) is 1.97. The van der Waals surface area contributed by atoms with Crippen LogP contribution in [-0.4, -0.2) is 20.1 Å². The van der Waals surface area contributed by atoms with Crippen LogP contribution < -0.4 is 4.98 Å². The van der Waals surface area contributed by atoms with Gasteiger partial charge in [0, 0.05) is 0 Å². The summed E-state index contributed by atoms with van der Waals surface area (Å²) in [5.41, 5.74) is 8.73. The van der Waals surface area contributed by atoms with Crippen molar-refractivity contribution in [3.63, 3.8) is 0 Å². The fourth-order valence-electron chi connectivity index (χ4n) is 4.49. The third-order valence-corrected chi connectivity index (χ3v) is 9.24. The molecule has 152 valence electrons. The van der Waals surface area contributed by atoms with Crippen LogP contribution in [0.3, 0.4) is 0 Å². The van der Waals surface area contributed by atoms with Crippen LogP contribution in [-0.2, 0) is 4.79 Å². The Labute approximate surface area is 176 Å². The minimum absolute atomic E-state index is 0.514. The van der Waals surface area contributed by atoms with Crippen molar-refractivity contribution in [2.75, 3.05) is 0 Å². The standard InChI is InChI=1S/C26H33NOSi/c1-18-8-12-21(13-9-18)23-16-24(29(6,7)27-26(4,5)17-28)20(3)25(23)22-14-10-19(2)11-15-22/h8-15,17,27H,16H2,1-7H3. The zero-order chi connectivity index (χ0) is 21.4. The lowest BCUT2D eigenvalue weighted by molar-refractivity contribution is -0.111. The maximum absolute atomic E-state index is 11.6. The Balaban J connectivity index is 2.12. The summed E-state index contributed by atoms with van der Waals surface area (Å²) in [7, 11) is -2.00. The molecule has 0 saturated heterocycles. The lowest BCUT2D eigenvalue weighted by Crippen LogP contribution is -2.58. The van der Waals surface area contributed by atoms with E-state index in [1.165, 1.54) is 44.2 Å². The Kier molecular flexibility index (Phi) is 5.84. The number of carbonyl (C=O) groups excluding carboxylic acids is 1. The van der Waals surface area contributed by atoms with Crippen LogP contribution in [0.5, 0.6) is 0 Å². The molecule has 2 nitrogen and oxygen atoms in total. The van der Waals surface area contributed by atoms with Gasteiger partial charge in [-0.3, -0.25) is 0 Å². The Bertz CT molecular complexity index is 976. The first-order chi connectivity index (χ1) is 13.5. The third-order valence-electron chi connectivity index (χ3n) is 5.91. The number of benzene rings is 2. The third kappa shape index (κ3) is 4.52. The molecule has 2 aromatic carbocycles. The summed E-state index contributed by atoms with van der Waals surface area (Å²) in [4.78, 5) is 15.3. The fraction of sp³-hybridized carbons (Fsp3) is 0.346. The first kappa shape index (κ1) is 21.5. The molecular weight excluding hydrogens is 370 g/mol. The van der Waals surface area contributed by atoms with Gasteiger partial charge in [0.2, 0.25) is 0 Å². The molecule has 1 aliphatic carbocycles. The number of rotatable bonds is 6. The minimum atomic E-state index is -2.00. The van der Waals surface area contributed by atoms with Crippen LogP contribution in [0.4, 0.5) is 0 Å². The van der Waals surface area contributed by atoms with Gasteiger partial charge in [-0.2, -0.15) is 0 Å². The van der Waals surface area contributed by atoms with Crippen molar-refractivity contribution < 1.29 is 4.79 Å². The number of nitrogens with one attached hydrogen (secondary N) is 1. The molecule has 0 bridgehead atoms. The average molecular weight is 404 g/mol. The second-order valence-electron chi connectivity index (χ2n) is 9.46. The lowest BCUT2D eigenvalue weighted by atomic mass is 9.93. The van der Waals surface area contributed by atoms with Crippen LogP contribution in [0.15, 0.2) is 59.3 Å². The molecule has 0 aliphatic heterocycles. The SMILES string of the molecule is CC1=C([Si](C)(C)NC(C)(C)C=O)CC(c2ccc(C)cc2)=C1c1ccc(C)cc1. The van der Waals surface area contributed by atoms with Crippen molar-refractivity contribution in [2.45, 2.75) is 59.7 Å². The monoisotopic (exact) mass is 403 g/mol. The van der Waals surface area contributed by atoms with Crippen molar-refractivity contribution in [3.05, 3.63) is 81.6 Å². The molecule has 0 spiro atoms. The Morgan fingerprint density at radius 1 is 0.862 bits per heavy atom. The first-order valence-corrected chi connectivity index (χ1v) is 13.4. The largest absolute Gasteiger partial charge is 0.323 e. The van der Waals surface area contributed by atoms with Gasteiger partial charge in [0.15, 0.2) is 0 Å². The Hall–Kier alpha value is -2.23. The topological polar surface area (TPSA) is 29.1 Å². The molecule has 3 rings (SSSR count). The number of allylic oxidation sites excluding steroid dienone is 4. The molecule has 1 N–H and O–H groups in total. The van der Waals surface area contributed by atoms with Crippen LogP contribution in [0.1, 0.15) is 49.4 Å². The molecule has 1 aliphatic rings. The Morgan fingerprint density at radius 3 is 1.83 bits per heavy atom. The fourth-order valence-corrected chi connectivity index (χ4v) is 7.99. The highest BCUT2D eigenvalue weighted by Gasteiger charge is 2.38. The van der Waals surface area contributed by atoms with Crippen molar-refractivity contribution in [3.8, 4) is 0 Å². The second-order valence-corrected chi connectivity index (χ2v) is 13.6. The number of aryl methyl sites for hydroxylation is 2. The summed E-state index contributed by atoms with van der Waals surface area (Å²) in [5, 5.41) is 1.48. The quantitative estimate of drug-likeness (QED) is 0.456. The predicted molar refractivity (Wildman–Crippen MR) is 127 cm³/mol. The van der Waals surface area contributed by atoms with Crippen molar-refractivity contribution in [1.29, 1.82) is 0 Å². The molecule has 0 aromatic heterocycles. The van der Waals surface area contributed by atoms with E-state index in [-0.39, 0.29) is 0 Å². The molecule has 0 saturated carbocycles. The van der Waals surface area contributed by atoms with Gasteiger partial charge < -0.3 is 9.78 Å². The van der Waals surface area contributed by atoms with E-state index in [2.05, 4.69) is 87.4 Å². The average Bonchev–Trinajstić information content (AvgIpc) is 3.00. The molecule has 0 amide bonds. The van der Waals surface area contributed by atoms with Gasteiger partial charge >= 0.3 is 0 Å². The molecule has 2 aromatic rings. The van der Waals surface area contributed by atoms with Gasteiger partial charge in [-0.05, 0) is 68.9 Å². The minimum Gasteiger partial charge on any atom is -0.323 e. The van der Waals surface area contributed by atoms with E-state index in [9.17, 15) is 4.79 Å². The van der Waals surface area contributed by atoms with E-state index >= 15 is 0 Å². The van der Waals surface area contributed by atoms with Crippen molar-refractivity contribution in [1.82, 2.24) is 4.98 Å². The molecule has 0 radical (unpaired) electrons. The zero-order valence-electron chi connectivity index (χ0n) is 18.8. The maximum atomic E-state index is 11.6. The molecule has 0 atom stereocenters. The van der Waals surface area contributed by atoms with Gasteiger partial charge in [0.05, 0.1) is 5.54 Å². The molecule has 3 heteroatoms. The smallest absolute Gasteiger partial charge is 0.148 e. The second kappa shape index (κ2) is 7.89. The van der Waals surface area contributed by atoms with E-state index in [0.717, 1.165) is 12.7 Å². The summed E-state index contributed by atoms with van der Waals surface area (Å²) < 4.78 is 0. The molecule has 0 heterocycles. The molecule has 0 fully saturated rings. The van der Waals surface area contributed by atoms with Crippen molar-refractivity contribution >= 4 is 25.7 Å². The highest BCUT2D eigenvalue weighted by Crippen LogP contribution is 2.46. The first-order valence-electron chi connectivity index (χ1n) is 10.4. The normalized spacial score (nSPS) is 15.3. The van der Waals surface area contributed by atoms with Gasteiger partial charge in [-0.1, -0.05) is 77.9 Å². The highest BCUT2D eigenvalue weighted by molar-refractivity contribution is 6.83. The van der Waals surface area contributed by atoms with Crippen LogP contribution in [0.25, 0.3) is 11.1 Å². The van der Waals surface area contributed by atoms with Crippen LogP contribution in [0, 0.1) is 13.8 Å². The van der Waals surface area contributed by atoms with E-state index in [4.69, 9.17) is 0 Å². The predicted octanol–water partition coefficient (Wildman–Crippen LogP) is 6.25. The summed E-state index contributed by atoms with van der Waals surface area (Å²) in [5.74, 6) is 0. The zero-order valence-corrected chi connectivity index (χ0v) is 19.8. The lowest BCUT2D eigenvalue weighted by Gasteiger charge is -2.34. The summed E-state index contributed by atoms with van der Waals surface area (Å²) in [6, 6.07) is 17.7. The molecular formula is C26H33NOSi. The summed E-state index contributed by atoms with van der Waals surface area (Å²) >= 11 is 0. The molecule has 29 heavy (non-hydrogen) atoms. The summed E-state index contributed by atoms with van der Waals surface area (Å²) in [6.45, 7) is 15.1. The number of hydrogen-bond donors (Lipinski definition) is 1. The Morgan fingerprint density at radius 2 is 1.34 bits per heavy atom. The van der Waals surface area contributed by atoms with Crippen LogP contribution in [0.2, 0.25) is 13.1 Å². The van der Waals surface area contributed by atoms with E-state index in [1.54, 1.807) is 0 Å². The number of aldehydes is 1. The number of carbonyl (C=O) groups is 1. The molecule has 0 unspecified atom stereocenters. The van der Waals surface area contributed by atoms with Crippen molar-refractivity contribution in [2.24, 2.45) is 0 Å². The van der Waals surface area contributed by atoms with Gasteiger partial charge in [0.1, 0.15) is 14.5 Å². The van der Waals surface area contributed by atoms with E-state index < -0.39 is 13.8 Å². The van der Waals surface area contributed by atoms with E-state index in [0.29, 0.717) is 0 Å². The van der Waals surface area contributed by atoms with Gasteiger partial charge in [0.25, 0.3) is 0 Å². The number of hydrogen-bond acceptors (Lipinski definition) is 2. The van der Waals surface area contributed by atoms with Crippen LogP contribution >= 0.6 is 0 Å². The maximum Gasteiger partial charge on any atom is 0.148 e. The highest BCUT2D eigenvalue weighted by atomic mass is 28.3. The van der Waals surface area contributed by atoms with E-state index in [1.807, 2.05) is 13.8 Å². The van der Waals surface area contributed by atoms with Gasteiger partial charge in [-0.15, -0.1) is 0 Å². The van der Waals surface area contributed by atoms with Gasteiger partial charge in [-0.25, -0.2) is 0 Å².